The number of benzene rings is 2. The van der Waals surface area contributed by atoms with Gasteiger partial charge in [-0.15, -0.1) is 0 Å². The molecule has 0 aromatic heterocycles. The first-order valence-electron chi connectivity index (χ1n) is 10.6. The van der Waals surface area contributed by atoms with Crippen LogP contribution in [0.5, 0.6) is 0 Å². The van der Waals surface area contributed by atoms with E-state index >= 15 is 0 Å². The molecule has 0 radical (unpaired) electrons. The lowest BCUT2D eigenvalue weighted by Crippen LogP contribution is -2.47. The van der Waals surface area contributed by atoms with Gasteiger partial charge in [0.25, 0.3) is 0 Å². The Morgan fingerprint density at radius 2 is 1.74 bits per heavy atom. The van der Waals surface area contributed by atoms with Crippen LogP contribution in [0.4, 0.5) is 5.69 Å². The van der Waals surface area contributed by atoms with Gasteiger partial charge in [-0.05, 0) is 62.2 Å². The number of hydrogen-bond donors (Lipinski definition) is 1. The number of nitrogens with zero attached hydrogens (tertiary/aromatic N) is 2. The lowest BCUT2D eigenvalue weighted by Gasteiger charge is -2.28. The van der Waals surface area contributed by atoms with Crippen LogP contribution < -0.4 is 9.62 Å². The van der Waals surface area contributed by atoms with Crippen molar-refractivity contribution in [2.24, 2.45) is 0 Å². The molecule has 3 rings (SSSR count). The van der Waals surface area contributed by atoms with Crippen molar-refractivity contribution in [3.63, 3.8) is 0 Å². The van der Waals surface area contributed by atoms with Gasteiger partial charge in [0.15, 0.2) is 0 Å². The van der Waals surface area contributed by atoms with E-state index in [4.69, 9.17) is 11.6 Å². The summed E-state index contributed by atoms with van der Waals surface area (Å²) in [5, 5.41) is 3.25. The van der Waals surface area contributed by atoms with Crippen molar-refractivity contribution in [2.75, 3.05) is 23.7 Å². The van der Waals surface area contributed by atoms with E-state index in [0.717, 1.165) is 35.8 Å². The van der Waals surface area contributed by atoms with Crippen molar-refractivity contribution in [3.05, 3.63) is 64.7 Å². The number of piperidine rings is 1. The van der Waals surface area contributed by atoms with Crippen LogP contribution in [0.1, 0.15) is 37.3 Å². The zero-order chi connectivity index (χ0) is 22.4. The predicted octanol–water partition coefficient (Wildman–Crippen LogP) is 3.80. The largest absolute Gasteiger partial charge is 0.350 e. The topological polar surface area (TPSA) is 69.7 Å². The molecule has 1 aliphatic rings. The van der Waals surface area contributed by atoms with Gasteiger partial charge in [0.05, 0.1) is 11.9 Å². The third-order valence-corrected chi connectivity index (χ3v) is 6.97. The van der Waals surface area contributed by atoms with Crippen LogP contribution >= 0.6 is 11.6 Å². The molecular formula is C23H30ClN3O3S. The summed E-state index contributed by atoms with van der Waals surface area (Å²) in [5.41, 5.74) is 2.59. The monoisotopic (exact) mass is 463 g/mol. The lowest BCUT2D eigenvalue weighted by atomic mass is 10.1. The number of rotatable bonds is 8. The van der Waals surface area contributed by atoms with Crippen LogP contribution in [0, 0.1) is 0 Å². The first-order valence-corrected chi connectivity index (χ1v) is 12.8. The summed E-state index contributed by atoms with van der Waals surface area (Å²) in [6, 6.07) is 13.8. The molecule has 1 amide bonds. The average Bonchev–Trinajstić information content (AvgIpc) is 2.73. The van der Waals surface area contributed by atoms with Crippen LogP contribution in [-0.2, 0) is 27.9 Å². The second-order valence-electron chi connectivity index (χ2n) is 8.09. The summed E-state index contributed by atoms with van der Waals surface area (Å²) in [4.78, 5) is 15.2. The Morgan fingerprint density at radius 3 is 2.35 bits per heavy atom. The van der Waals surface area contributed by atoms with Gasteiger partial charge in [-0.25, -0.2) is 8.42 Å². The van der Waals surface area contributed by atoms with Gasteiger partial charge in [0.2, 0.25) is 15.9 Å². The minimum absolute atomic E-state index is 0.334. The molecule has 0 aliphatic carbocycles. The van der Waals surface area contributed by atoms with E-state index in [-0.39, 0.29) is 5.91 Å². The fraction of sp³-hybridized carbons (Fsp3) is 0.435. The maximum atomic E-state index is 12.7. The highest BCUT2D eigenvalue weighted by atomic mass is 35.5. The Hall–Kier alpha value is -2.09. The van der Waals surface area contributed by atoms with E-state index in [0.29, 0.717) is 17.3 Å². The third-order valence-electron chi connectivity index (χ3n) is 5.50. The molecule has 8 heteroatoms. The van der Waals surface area contributed by atoms with Crippen molar-refractivity contribution >= 4 is 33.2 Å². The minimum Gasteiger partial charge on any atom is -0.350 e. The maximum absolute atomic E-state index is 12.7. The van der Waals surface area contributed by atoms with Gasteiger partial charge < -0.3 is 5.32 Å². The second-order valence-corrected chi connectivity index (χ2v) is 10.4. The summed E-state index contributed by atoms with van der Waals surface area (Å²) >= 11 is 6.01. The number of anilines is 1. The van der Waals surface area contributed by atoms with E-state index in [2.05, 4.69) is 22.3 Å². The van der Waals surface area contributed by atoms with E-state index in [1.807, 2.05) is 12.1 Å². The molecule has 1 aliphatic heterocycles. The lowest BCUT2D eigenvalue weighted by molar-refractivity contribution is -0.122. The highest BCUT2D eigenvalue weighted by Gasteiger charge is 2.29. The van der Waals surface area contributed by atoms with Crippen LogP contribution in [0.25, 0.3) is 0 Å². The van der Waals surface area contributed by atoms with Gasteiger partial charge in [-0.3, -0.25) is 14.0 Å². The zero-order valence-electron chi connectivity index (χ0n) is 18.1. The molecule has 1 atom stereocenters. The zero-order valence-corrected chi connectivity index (χ0v) is 19.6. The number of likely N-dealkylation sites (tertiary alicyclic amines) is 1. The molecule has 1 saturated heterocycles. The number of carbonyl (C=O) groups is 1. The molecule has 2 aromatic rings. The third kappa shape index (κ3) is 6.69. The number of sulfonamides is 1. The van der Waals surface area contributed by atoms with Crippen LogP contribution in [0.15, 0.2) is 48.5 Å². The van der Waals surface area contributed by atoms with Crippen molar-refractivity contribution in [1.82, 2.24) is 10.2 Å². The highest BCUT2D eigenvalue weighted by Crippen LogP contribution is 2.24. The average molecular weight is 464 g/mol. The van der Waals surface area contributed by atoms with Crippen molar-refractivity contribution < 1.29 is 13.2 Å². The fourth-order valence-electron chi connectivity index (χ4n) is 3.90. The molecule has 0 bridgehead atoms. The Labute approximate surface area is 190 Å². The second kappa shape index (κ2) is 10.5. The highest BCUT2D eigenvalue weighted by molar-refractivity contribution is 7.92. The number of hydrogen-bond acceptors (Lipinski definition) is 4. The van der Waals surface area contributed by atoms with Crippen molar-refractivity contribution in [2.45, 2.75) is 45.3 Å². The van der Waals surface area contributed by atoms with E-state index < -0.39 is 16.1 Å². The molecule has 168 valence electrons. The normalized spacial score (nSPS) is 16.0. The molecule has 2 aromatic carbocycles. The quantitative estimate of drug-likeness (QED) is 0.646. The molecule has 31 heavy (non-hydrogen) atoms. The summed E-state index contributed by atoms with van der Waals surface area (Å²) in [6.07, 6.45) is 4.93. The Bertz CT molecular complexity index is 989. The molecule has 6 nitrogen and oxygen atoms in total. The molecule has 0 unspecified atom stereocenters. The van der Waals surface area contributed by atoms with Gasteiger partial charge in [-0.1, -0.05) is 48.4 Å². The Morgan fingerprint density at radius 1 is 1.10 bits per heavy atom. The first kappa shape index (κ1) is 23.6. The smallest absolute Gasteiger partial charge is 0.243 e. The molecule has 0 saturated carbocycles. The van der Waals surface area contributed by atoms with Crippen molar-refractivity contribution in [1.29, 1.82) is 0 Å². The summed E-state index contributed by atoms with van der Waals surface area (Å²) in [5.74, 6) is -0.372. The fourth-order valence-corrected chi connectivity index (χ4v) is 5.25. The molecule has 1 heterocycles. The van der Waals surface area contributed by atoms with Gasteiger partial charge >= 0.3 is 0 Å². The first-order chi connectivity index (χ1) is 14.7. The minimum atomic E-state index is -3.67. The Balaban J connectivity index is 1.60. The molecule has 0 spiro atoms. The summed E-state index contributed by atoms with van der Waals surface area (Å²) in [7, 11) is -3.67. The van der Waals surface area contributed by atoms with Crippen LogP contribution in [0.2, 0.25) is 5.02 Å². The summed E-state index contributed by atoms with van der Waals surface area (Å²) < 4.78 is 25.8. The number of amides is 1. The number of nitrogens with one attached hydrogen (secondary N) is 1. The number of halogens is 1. The molecule has 1 N–H and O–H groups in total. The SMILES string of the molecule is C[C@@H](C(=O)NCc1ccc(CN2CCCCC2)cc1)N(c1cccc(Cl)c1)S(C)(=O)=O. The molecular weight excluding hydrogens is 434 g/mol. The molecule has 1 fully saturated rings. The summed E-state index contributed by atoms with van der Waals surface area (Å²) in [6.45, 7) is 5.16. The van der Waals surface area contributed by atoms with E-state index in [9.17, 15) is 13.2 Å². The van der Waals surface area contributed by atoms with Crippen LogP contribution in [0.3, 0.4) is 0 Å². The number of carbonyl (C=O) groups excluding carboxylic acids is 1. The van der Waals surface area contributed by atoms with Gasteiger partial charge in [0, 0.05) is 18.1 Å². The van der Waals surface area contributed by atoms with E-state index in [1.54, 1.807) is 25.1 Å². The van der Waals surface area contributed by atoms with Crippen molar-refractivity contribution in [3.8, 4) is 0 Å². The Kier molecular flexibility index (Phi) is 7.97. The van der Waals surface area contributed by atoms with Gasteiger partial charge in [-0.2, -0.15) is 0 Å². The van der Waals surface area contributed by atoms with Gasteiger partial charge in [0.1, 0.15) is 6.04 Å². The van der Waals surface area contributed by atoms with Crippen LogP contribution in [-0.4, -0.2) is 44.6 Å². The van der Waals surface area contributed by atoms with E-state index in [1.165, 1.54) is 30.9 Å². The maximum Gasteiger partial charge on any atom is 0.243 e. The standard InChI is InChI=1S/C23H30ClN3O3S/c1-18(27(31(2,29)30)22-8-6-7-21(24)15-22)23(28)25-16-19-9-11-20(12-10-19)17-26-13-4-3-5-14-26/h6-12,15,18H,3-5,13-14,16-17H2,1-2H3,(H,25,28)/t18-/m0/s1. The predicted molar refractivity (Wildman–Crippen MR) is 126 cm³/mol.